The van der Waals surface area contributed by atoms with Crippen LogP contribution >= 0.6 is 11.8 Å². The summed E-state index contributed by atoms with van der Waals surface area (Å²) in [5.74, 6) is -5.24. The number of rotatable bonds is 9. The van der Waals surface area contributed by atoms with Crippen molar-refractivity contribution in [2.24, 2.45) is 5.92 Å². The van der Waals surface area contributed by atoms with E-state index >= 15 is 0 Å². The van der Waals surface area contributed by atoms with Crippen molar-refractivity contribution in [3.8, 4) is 5.75 Å². The van der Waals surface area contributed by atoms with E-state index in [9.17, 15) is 29.9 Å². The molecule has 0 amide bonds. The van der Waals surface area contributed by atoms with Crippen molar-refractivity contribution in [3.05, 3.63) is 63.7 Å². The summed E-state index contributed by atoms with van der Waals surface area (Å²) in [6.07, 6.45) is 1.70. The lowest BCUT2D eigenvalue weighted by molar-refractivity contribution is -0.385. The molecule has 0 bridgehead atoms. The number of ether oxygens (including phenoxy) is 1. The molecule has 0 saturated heterocycles. The molecule has 1 atom stereocenters. The molecule has 0 aliphatic rings. The van der Waals surface area contributed by atoms with Crippen molar-refractivity contribution >= 4 is 29.4 Å². The second-order valence-electron chi connectivity index (χ2n) is 5.99. The second-order valence-corrected chi connectivity index (χ2v) is 6.87. The fourth-order valence-corrected chi connectivity index (χ4v) is 3.46. The van der Waals surface area contributed by atoms with Crippen molar-refractivity contribution in [2.45, 2.75) is 17.2 Å². The Balaban J connectivity index is 2.57. The average Bonchev–Trinajstić information content (AvgIpc) is 2.66. The molecule has 0 radical (unpaired) electrons. The van der Waals surface area contributed by atoms with Gasteiger partial charge in [-0.15, -0.1) is 11.8 Å². The summed E-state index contributed by atoms with van der Waals surface area (Å²) in [4.78, 5) is 35.0. The molecule has 1 unspecified atom stereocenters. The lowest BCUT2D eigenvalue weighted by atomic mass is 9.81. The van der Waals surface area contributed by atoms with Gasteiger partial charge < -0.3 is 14.9 Å². The summed E-state index contributed by atoms with van der Waals surface area (Å²) in [5.41, 5.74) is 0.551. The molecule has 2 aromatic rings. The van der Waals surface area contributed by atoms with Gasteiger partial charge in [-0.05, 0) is 42.5 Å². The van der Waals surface area contributed by atoms with Gasteiger partial charge in [-0.3, -0.25) is 19.7 Å². The van der Waals surface area contributed by atoms with E-state index in [-0.39, 0.29) is 17.7 Å². The van der Waals surface area contributed by atoms with Gasteiger partial charge in [-0.25, -0.2) is 0 Å². The number of carboxylic acid groups (broad SMARTS) is 2. The molecule has 0 aliphatic heterocycles. The van der Waals surface area contributed by atoms with Crippen LogP contribution in [0.15, 0.2) is 47.4 Å². The average molecular weight is 405 g/mol. The molecule has 2 aromatic carbocycles. The fraction of sp³-hybridized carbons (Fsp3) is 0.263. The molecule has 0 fully saturated rings. The maximum absolute atomic E-state index is 11.7. The first-order valence-electron chi connectivity index (χ1n) is 8.19. The van der Waals surface area contributed by atoms with Gasteiger partial charge in [0.15, 0.2) is 5.92 Å². The van der Waals surface area contributed by atoms with Gasteiger partial charge in [-0.2, -0.15) is 0 Å². The van der Waals surface area contributed by atoms with Crippen molar-refractivity contribution in [1.29, 1.82) is 0 Å². The molecule has 0 aromatic heterocycles. The SMILES string of the molecule is COc1ccc(C(Cc2cc(SC)ccc2[N+](=O)[O-])C(C(=O)O)C(=O)O)cc1. The van der Waals surface area contributed by atoms with Crippen LogP contribution in [-0.2, 0) is 16.0 Å². The van der Waals surface area contributed by atoms with Crippen LogP contribution in [0.3, 0.4) is 0 Å². The van der Waals surface area contributed by atoms with Crippen LogP contribution in [0, 0.1) is 16.0 Å². The van der Waals surface area contributed by atoms with E-state index in [1.807, 2.05) is 6.26 Å². The number of hydrogen-bond donors (Lipinski definition) is 2. The Labute approximate surface area is 165 Å². The number of thioether (sulfide) groups is 1. The third-order valence-electron chi connectivity index (χ3n) is 4.40. The maximum Gasteiger partial charge on any atom is 0.318 e. The molecule has 0 aliphatic carbocycles. The van der Waals surface area contributed by atoms with Gasteiger partial charge in [0.05, 0.1) is 12.0 Å². The molecule has 28 heavy (non-hydrogen) atoms. The van der Waals surface area contributed by atoms with Crippen molar-refractivity contribution in [1.82, 2.24) is 0 Å². The summed E-state index contributed by atoms with van der Waals surface area (Å²) in [5, 5.41) is 30.4. The van der Waals surface area contributed by atoms with E-state index in [0.717, 1.165) is 4.90 Å². The number of nitrogens with zero attached hydrogens (tertiary/aromatic N) is 1. The third-order valence-corrected chi connectivity index (χ3v) is 5.13. The number of aliphatic carboxylic acids is 2. The predicted octanol–water partition coefficient (Wildman–Crippen LogP) is 3.44. The highest BCUT2D eigenvalue weighted by Crippen LogP contribution is 2.35. The monoisotopic (exact) mass is 405 g/mol. The predicted molar refractivity (Wildman–Crippen MR) is 103 cm³/mol. The molecule has 148 valence electrons. The van der Waals surface area contributed by atoms with Gasteiger partial charge in [0.2, 0.25) is 0 Å². The zero-order chi connectivity index (χ0) is 20.8. The summed E-state index contributed by atoms with van der Waals surface area (Å²) < 4.78 is 5.08. The number of carboxylic acids is 2. The number of hydrogen-bond acceptors (Lipinski definition) is 6. The largest absolute Gasteiger partial charge is 0.497 e. The summed E-state index contributed by atoms with van der Waals surface area (Å²) in [7, 11) is 1.47. The van der Waals surface area contributed by atoms with Crippen LogP contribution in [0.2, 0.25) is 0 Å². The van der Waals surface area contributed by atoms with Crippen molar-refractivity contribution in [2.75, 3.05) is 13.4 Å². The number of carbonyl (C=O) groups is 2. The third kappa shape index (κ3) is 4.80. The van der Waals surface area contributed by atoms with E-state index in [2.05, 4.69) is 0 Å². The number of nitro benzene ring substituents is 1. The van der Waals surface area contributed by atoms with Gasteiger partial charge in [0.1, 0.15) is 5.75 Å². The van der Waals surface area contributed by atoms with E-state index in [0.29, 0.717) is 11.3 Å². The van der Waals surface area contributed by atoms with Crippen molar-refractivity contribution < 1.29 is 29.5 Å². The molecule has 0 saturated carbocycles. The van der Waals surface area contributed by atoms with E-state index in [4.69, 9.17) is 4.74 Å². The minimum atomic E-state index is -1.76. The topological polar surface area (TPSA) is 127 Å². The zero-order valence-corrected chi connectivity index (χ0v) is 16.0. The van der Waals surface area contributed by atoms with E-state index in [1.54, 1.807) is 36.4 Å². The van der Waals surface area contributed by atoms with E-state index in [1.165, 1.54) is 24.9 Å². The van der Waals surface area contributed by atoms with Gasteiger partial charge in [0.25, 0.3) is 5.69 Å². The Bertz CT molecular complexity index is 868. The minimum Gasteiger partial charge on any atom is -0.497 e. The van der Waals surface area contributed by atoms with Crippen LogP contribution in [0.5, 0.6) is 5.75 Å². The minimum absolute atomic E-state index is 0.111. The fourth-order valence-electron chi connectivity index (χ4n) is 3.00. The molecule has 2 N–H and O–H groups in total. The van der Waals surface area contributed by atoms with Crippen LogP contribution in [-0.4, -0.2) is 40.4 Å². The first kappa shape index (κ1) is 21.2. The Hall–Kier alpha value is -3.07. The van der Waals surface area contributed by atoms with E-state index < -0.39 is 28.7 Å². The van der Waals surface area contributed by atoms with Crippen LogP contribution < -0.4 is 4.74 Å². The molecule has 9 heteroatoms. The summed E-state index contributed by atoms with van der Waals surface area (Å²) in [6, 6.07) is 10.9. The molecule has 8 nitrogen and oxygen atoms in total. The molecule has 2 rings (SSSR count). The molecular formula is C19H19NO7S. The van der Waals surface area contributed by atoms with Crippen LogP contribution in [0.25, 0.3) is 0 Å². The first-order valence-corrected chi connectivity index (χ1v) is 9.41. The van der Waals surface area contributed by atoms with Crippen LogP contribution in [0.4, 0.5) is 5.69 Å². The van der Waals surface area contributed by atoms with Crippen molar-refractivity contribution in [3.63, 3.8) is 0 Å². The molecular weight excluding hydrogens is 386 g/mol. The highest BCUT2D eigenvalue weighted by atomic mass is 32.2. The lowest BCUT2D eigenvalue weighted by Gasteiger charge is -2.22. The Kier molecular flexibility index (Phi) is 7.00. The Morgan fingerprint density at radius 2 is 1.75 bits per heavy atom. The number of methoxy groups -OCH3 is 1. The Morgan fingerprint density at radius 1 is 1.14 bits per heavy atom. The summed E-state index contributed by atoms with van der Waals surface area (Å²) >= 11 is 1.38. The smallest absolute Gasteiger partial charge is 0.318 e. The normalized spacial score (nSPS) is 11.8. The zero-order valence-electron chi connectivity index (χ0n) is 15.2. The quantitative estimate of drug-likeness (QED) is 0.281. The highest BCUT2D eigenvalue weighted by Gasteiger charge is 2.37. The maximum atomic E-state index is 11.7. The van der Waals surface area contributed by atoms with Gasteiger partial charge in [0, 0.05) is 22.4 Å². The van der Waals surface area contributed by atoms with Gasteiger partial charge >= 0.3 is 11.9 Å². The second kappa shape index (κ2) is 9.23. The lowest BCUT2D eigenvalue weighted by Crippen LogP contribution is -2.31. The highest BCUT2D eigenvalue weighted by molar-refractivity contribution is 7.98. The molecule has 0 spiro atoms. The summed E-state index contributed by atoms with van der Waals surface area (Å²) in [6.45, 7) is 0. The van der Waals surface area contributed by atoms with Gasteiger partial charge in [-0.1, -0.05) is 12.1 Å². The standard InChI is InChI=1S/C19H19NO7S/c1-27-13-5-3-11(4-6-13)15(17(18(21)22)19(23)24)10-12-9-14(28-2)7-8-16(12)20(25)26/h3-9,15,17H,10H2,1-2H3,(H,21,22)(H,23,24). The van der Waals surface area contributed by atoms with Crippen LogP contribution in [0.1, 0.15) is 17.0 Å². The Morgan fingerprint density at radius 3 is 2.21 bits per heavy atom. The number of nitro groups is 1. The first-order chi connectivity index (χ1) is 13.3. The molecule has 0 heterocycles. The number of benzene rings is 2.